The quantitative estimate of drug-likeness (QED) is 0.549. The predicted octanol–water partition coefficient (Wildman–Crippen LogP) is 2.55. The van der Waals surface area contributed by atoms with Gasteiger partial charge in [0.1, 0.15) is 12.4 Å². The predicted molar refractivity (Wildman–Crippen MR) is 111 cm³/mol. The van der Waals surface area contributed by atoms with Crippen LogP contribution in [0.3, 0.4) is 0 Å². The van der Waals surface area contributed by atoms with Crippen molar-refractivity contribution < 1.29 is 17.9 Å². The van der Waals surface area contributed by atoms with E-state index in [1.54, 1.807) is 24.3 Å². The van der Waals surface area contributed by atoms with Gasteiger partial charge in [-0.15, -0.1) is 0 Å². The molecule has 28 heavy (non-hydrogen) atoms. The number of hydrogen-bond donors (Lipinski definition) is 1. The van der Waals surface area contributed by atoms with Crippen LogP contribution in [0.5, 0.6) is 5.75 Å². The largest absolute Gasteiger partial charge is 0.491 e. The molecule has 0 saturated carbocycles. The van der Waals surface area contributed by atoms with E-state index in [9.17, 15) is 8.42 Å². The number of nitrogens with zero attached hydrogens (tertiary/aromatic N) is 1. The zero-order valence-electron chi connectivity index (χ0n) is 16.8. The summed E-state index contributed by atoms with van der Waals surface area (Å²) in [5, 5.41) is 0. The lowest BCUT2D eigenvalue weighted by atomic mass is 10.1. The van der Waals surface area contributed by atoms with Crippen LogP contribution in [0.1, 0.15) is 12.5 Å². The Morgan fingerprint density at radius 2 is 1.68 bits per heavy atom. The van der Waals surface area contributed by atoms with Gasteiger partial charge in [-0.05, 0) is 57.3 Å². The highest BCUT2D eigenvalue weighted by Gasteiger charge is 2.19. The second kappa shape index (κ2) is 11.2. The van der Waals surface area contributed by atoms with E-state index in [1.165, 1.54) is 5.56 Å². The van der Waals surface area contributed by atoms with E-state index < -0.39 is 10.0 Å². The Morgan fingerprint density at radius 1 is 1.00 bits per heavy atom. The average Bonchev–Trinajstić information content (AvgIpc) is 2.69. The summed E-state index contributed by atoms with van der Waals surface area (Å²) in [5.74, 6) is 0.619. The molecule has 2 aromatic rings. The van der Waals surface area contributed by atoms with Gasteiger partial charge in [-0.1, -0.05) is 30.3 Å². The highest BCUT2D eigenvalue weighted by molar-refractivity contribution is 7.89. The van der Waals surface area contributed by atoms with Gasteiger partial charge in [0.05, 0.1) is 11.5 Å². The van der Waals surface area contributed by atoms with E-state index in [0.29, 0.717) is 32.1 Å². The summed E-state index contributed by atoms with van der Waals surface area (Å²) < 4.78 is 38.7. The second-order valence-corrected chi connectivity index (χ2v) is 8.44. The van der Waals surface area contributed by atoms with Crippen molar-refractivity contribution in [2.75, 3.05) is 40.5 Å². The summed E-state index contributed by atoms with van der Waals surface area (Å²) in [6.45, 7) is 3.84. The second-order valence-electron chi connectivity index (χ2n) is 6.68. The molecule has 0 aromatic heterocycles. The van der Waals surface area contributed by atoms with Crippen molar-refractivity contribution in [1.82, 2.24) is 9.62 Å². The van der Waals surface area contributed by atoms with E-state index in [2.05, 4.69) is 16.9 Å². The van der Waals surface area contributed by atoms with Crippen molar-refractivity contribution in [3.05, 3.63) is 60.2 Å². The lowest BCUT2D eigenvalue weighted by Gasteiger charge is -2.24. The number of sulfonamides is 1. The van der Waals surface area contributed by atoms with Crippen molar-refractivity contribution in [1.29, 1.82) is 0 Å². The average molecular weight is 407 g/mol. The third kappa shape index (κ3) is 7.24. The molecule has 1 N–H and O–H groups in total. The first-order valence-electron chi connectivity index (χ1n) is 9.43. The Morgan fingerprint density at radius 3 is 2.29 bits per heavy atom. The Kier molecular flexibility index (Phi) is 8.92. The summed E-state index contributed by atoms with van der Waals surface area (Å²) in [7, 11) is 0.325. The molecule has 0 spiro atoms. The van der Waals surface area contributed by atoms with E-state index in [0.717, 1.165) is 6.42 Å². The van der Waals surface area contributed by atoms with Crippen molar-refractivity contribution in [3.8, 4) is 5.75 Å². The molecule has 0 saturated heterocycles. The molecular weight excluding hydrogens is 376 g/mol. The standard InChI is InChI=1S/C21H30N2O4S/c1-4-26-14-15-27-20-10-12-21(13-11-20)28(24,25)22-17-19(23(2)3)16-18-8-6-5-7-9-18/h5-13,19,22H,4,14-17H2,1-3H3. The van der Waals surface area contributed by atoms with Gasteiger partial charge in [-0.3, -0.25) is 0 Å². The smallest absolute Gasteiger partial charge is 0.240 e. The van der Waals surface area contributed by atoms with Crippen LogP contribution in [-0.4, -0.2) is 59.8 Å². The zero-order chi connectivity index (χ0) is 20.4. The maximum atomic E-state index is 12.6. The molecule has 0 heterocycles. The summed E-state index contributed by atoms with van der Waals surface area (Å²) in [6.07, 6.45) is 0.767. The summed E-state index contributed by atoms with van der Waals surface area (Å²) >= 11 is 0. The molecule has 1 atom stereocenters. The van der Waals surface area contributed by atoms with Gasteiger partial charge in [0.25, 0.3) is 0 Å². The van der Waals surface area contributed by atoms with Gasteiger partial charge < -0.3 is 14.4 Å². The highest BCUT2D eigenvalue weighted by atomic mass is 32.2. The Labute approximate surface area is 168 Å². The molecular formula is C21H30N2O4S. The van der Waals surface area contributed by atoms with Crippen LogP contribution in [-0.2, 0) is 21.2 Å². The van der Waals surface area contributed by atoms with Crippen molar-refractivity contribution >= 4 is 10.0 Å². The Bertz CT molecular complexity index is 793. The maximum absolute atomic E-state index is 12.6. The zero-order valence-corrected chi connectivity index (χ0v) is 17.6. The van der Waals surface area contributed by atoms with Crippen LogP contribution < -0.4 is 9.46 Å². The summed E-state index contributed by atoms with van der Waals surface area (Å²) in [4.78, 5) is 2.26. The number of benzene rings is 2. The van der Waals surface area contributed by atoms with Gasteiger partial charge in [0, 0.05) is 19.2 Å². The molecule has 6 nitrogen and oxygen atoms in total. The third-order valence-electron chi connectivity index (χ3n) is 4.39. The highest BCUT2D eigenvalue weighted by Crippen LogP contribution is 2.16. The molecule has 7 heteroatoms. The van der Waals surface area contributed by atoms with Crippen LogP contribution in [0, 0.1) is 0 Å². The SMILES string of the molecule is CCOCCOc1ccc(S(=O)(=O)NCC(Cc2ccccc2)N(C)C)cc1. The van der Waals surface area contributed by atoms with Crippen molar-refractivity contribution in [2.24, 2.45) is 0 Å². The lowest BCUT2D eigenvalue weighted by molar-refractivity contribution is 0.110. The molecule has 0 aliphatic heterocycles. The molecule has 0 radical (unpaired) electrons. The van der Waals surface area contributed by atoms with Crippen molar-refractivity contribution in [2.45, 2.75) is 24.3 Å². The van der Waals surface area contributed by atoms with Gasteiger partial charge >= 0.3 is 0 Å². The third-order valence-corrected chi connectivity index (χ3v) is 5.83. The Hall–Kier alpha value is -1.93. The fraction of sp³-hybridized carbons (Fsp3) is 0.429. The van der Waals surface area contributed by atoms with Gasteiger partial charge in [-0.25, -0.2) is 13.1 Å². The molecule has 2 rings (SSSR count). The molecule has 0 bridgehead atoms. The number of likely N-dealkylation sites (N-methyl/N-ethyl adjacent to an activating group) is 1. The minimum atomic E-state index is -3.58. The number of hydrogen-bond acceptors (Lipinski definition) is 5. The molecule has 0 aliphatic carbocycles. The summed E-state index contributed by atoms with van der Waals surface area (Å²) in [6, 6.07) is 16.5. The maximum Gasteiger partial charge on any atom is 0.240 e. The monoisotopic (exact) mass is 406 g/mol. The first kappa shape index (κ1) is 22.4. The van der Waals surface area contributed by atoms with Crippen molar-refractivity contribution in [3.63, 3.8) is 0 Å². The molecule has 0 aliphatic rings. The van der Waals surface area contributed by atoms with Gasteiger partial charge in [-0.2, -0.15) is 0 Å². The number of rotatable bonds is 12. The van der Waals surface area contributed by atoms with E-state index in [-0.39, 0.29) is 10.9 Å². The Balaban J connectivity index is 1.94. The van der Waals surface area contributed by atoms with Crippen LogP contribution in [0.4, 0.5) is 0 Å². The molecule has 0 amide bonds. The van der Waals surface area contributed by atoms with Crippen LogP contribution >= 0.6 is 0 Å². The first-order chi connectivity index (χ1) is 13.4. The minimum Gasteiger partial charge on any atom is -0.491 e. The van der Waals surface area contributed by atoms with Gasteiger partial charge in [0.15, 0.2) is 0 Å². The lowest BCUT2D eigenvalue weighted by Crippen LogP contribution is -2.41. The topological polar surface area (TPSA) is 67.9 Å². The van der Waals surface area contributed by atoms with Crippen LogP contribution in [0.25, 0.3) is 0 Å². The van der Waals surface area contributed by atoms with Crippen LogP contribution in [0.15, 0.2) is 59.5 Å². The van der Waals surface area contributed by atoms with E-state index in [1.807, 2.05) is 44.1 Å². The minimum absolute atomic E-state index is 0.0540. The normalized spacial score (nSPS) is 12.9. The van der Waals surface area contributed by atoms with Crippen LogP contribution in [0.2, 0.25) is 0 Å². The fourth-order valence-corrected chi connectivity index (χ4v) is 3.76. The number of nitrogens with one attached hydrogen (secondary N) is 1. The molecule has 0 fully saturated rings. The first-order valence-corrected chi connectivity index (χ1v) is 10.9. The van der Waals surface area contributed by atoms with E-state index >= 15 is 0 Å². The molecule has 154 valence electrons. The molecule has 2 aromatic carbocycles. The molecule has 1 unspecified atom stereocenters. The fourth-order valence-electron chi connectivity index (χ4n) is 2.69. The summed E-state index contributed by atoms with van der Waals surface area (Å²) in [5.41, 5.74) is 1.17. The number of ether oxygens (including phenoxy) is 2. The van der Waals surface area contributed by atoms with Gasteiger partial charge in [0.2, 0.25) is 10.0 Å². The van der Waals surface area contributed by atoms with E-state index in [4.69, 9.17) is 9.47 Å².